The molecule has 4 rings (SSSR count). The van der Waals surface area contributed by atoms with E-state index < -0.39 is 11.7 Å². The Labute approximate surface area is 178 Å². The highest BCUT2D eigenvalue weighted by Gasteiger charge is 2.33. The van der Waals surface area contributed by atoms with Crippen LogP contribution in [-0.4, -0.2) is 23.6 Å². The minimum atomic E-state index is -0.658. The first-order chi connectivity index (χ1) is 14.5. The summed E-state index contributed by atoms with van der Waals surface area (Å²) in [7, 11) is 0. The number of thioether (sulfide) groups is 1. The molecule has 0 fully saturated rings. The van der Waals surface area contributed by atoms with E-state index in [0.717, 1.165) is 29.4 Å². The predicted molar refractivity (Wildman–Crippen MR) is 114 cm³/mol. The van der Waals surface area contributed by atoms with Gasteiger partial charge in [-0.15, -0.1) is 0 Å². The lowest BCUT2D eigenvalue weighted by atomic mass is 9.87. The molecule has 7 heteroatoms. The molecule has 0 bridgehead atoms. The molecule has 2 amide bonds. The van der Waals surface area contributed by atoms with Crippen LogP contribution < -0.4 is 10.2 Å². The molecular formula is C23H20FN3O2S. The highest BCUT2D eigenvalue weighted by atomic mass is 32.2. The zero-order valence-electron chi connectivity index (χ0n) is 16.4. The number of rotatable bonds is 4. The van der Waals surface area contributed by atoms with Crippen LogP contribution in [-0.2, 0) is 16.0 Å². The molecule has 5 nitrogen and oxygen atoms in total. The van der Waals surface area contributed by atoms with E-state index in [1.165, 1.54) is 6.07 Å². The standard InChI is InChI=1S/C23H20FN3O2S/c1-14-10-15-6-2-5-9-20(15)27(14)22(29)13-30-23-18(12-25)17(11-21(28)26-23)16-7-3-4-8-19(16)24/h2-9,14,17H,10-11,13H2,1H3,(H,26,28)/t14-,17+/m0/s1. The third-order valence-electron chi connectivity index (χ3n) is 5.45. The van der Waals surface area contributed by atoms with E-state index in [1.54, 1.807) is 23.1 Å². The average molecular weight is 421 g/mol. The normalized spacial score (nSPS) is 20.6. The Morgan fingerprint density at radius 3 is 2.73 bits per heavy atom. The number of hydrogen-bond donors (Lipinski definition) is 1. The Morgan fingerprint density at radius 2 is 1.97 bits per heavy atom. The number of allylic oxidation sites excluding steroid dienone is 1. The van der Waals surface area contributed by atoms with Gasteiger partial charge in [-0.1, -0.05) is 48.2 Å². The summed E-state index contributed by atoms with van der Waals surface area (Å²) in [4.78, 5) is 27.0. The van der Waals surface area contributed by atoms with E-state index in [1.807, 2.05) is 31.2 Å². The van der Waals surface area contributed by atoms with Crippen molar-refractivity contribution < 1.29 is 14.0 Å². The fourth-order valence-electron chi connectivity index (χ4n) is 4.11. The lowest BCUT2D eigenvalue weighted by Crippen LogP contribution is -2.37. The van der Waals surface area contributed by atoms with Crippen LogP contribution in [0.1, 0.15) is 30.4 Å². The number of fused-ring (bicyclic) bond motifs is 1. The molecule has 0 unspecified atom stereocenters. The first-order valence-electron chi connectivity index (χ1n) is 9.71. The van der Waals surface area contributed by atoms with Gasteiger partial charge in [-0.25, -0.2) is 4.39 Å². The Bertz CT molecular complexity index is 1090. The van der Waals surface area contributed by atoms with Crippen LogP contribution in [0.15, 0.2) is 59.1 Å². The smallest absolute Gasteiger partial charge is 0.237 e. The molecule has 1 N–H and O–H groups in total. The van der Waals surface area contributed by atoms with Crippen LogP contribution in [0.25, 0.3) is 0 Å². The number of anilines is 1. The van der Waals surface area contributed by atoms with Gasteiger partial charge >= 0.3 is 0 Å². The van der Waals surface area contributed by atoms with E-state index in [4.69, 9.17) is 0 Å². The average Bonchev–Trinajstić information content (AvgIpc) is 3.07. The van der Waals surface area contributed by atoms with Crippen molar-refractivity contribution in [3.8, 4) is 6.07 Å². The summed E-state index contributed by atoms with van der Waals surface area (Å²) in [5.74, 6) is -1.42. The van der Waals surface area contributed by atoms with Gasteiger partial charge < -0.3 is 10.2 Å². The van der Waals surface area contributed by atoms with Crippen LogP contribution in [0.3, 0.4) is 0 Å². The number of nitrogens with one attached hydrogen (secondary N) is 1. The lowest BCUT2D eigenvalue weighted by molar-refractivity contribution is -0.121. The van der Waals surface area contributed by atoms with Gasteiger partial charge in [0.2, 0.25) is 11.8 Å². The second-order valence-electron chi connectivity index (χ2n) is 7.42. The lowest BCUT2D eigenvalue weighted by Gasteiger charge is -2.26. The second-order valence-corrected chi connectivity index (χ2v) is 8.40. The molecule has 30 heavy (non-hydrogen) atoms. The third kappa shape index (κ3) is 3.71. The molecule has 2 aliphatic heterocycles. The number of nitrogens with zero attached hydrogens (tertiary/aromatic N) is 2. The van der Waals surface area contributed by atoms with E-state index in [2.05, 4.69) is 11.4 Å². The Kier molecular flexibility index (Phi) is 5.60. The van der Waals surface area contributed by atoms with Crippen LogP contribution in [0.4, 0.5) is 10.1 Å². The number of carbonyl (C=O) groups excluding carboxylic acids is 2. The number of halogens is 1. The molecule has 2 aliphatic rings. The fourth-order valence-corrected chi connectivity index (χ4v) is 5.04. The molecule has 0 saturated carbocycles. The van der Waals surface area contributed by atoms with Gasteiger partial charge in [0, 0.05) is 24.1 Å². The van der Waals surface area contributed by atoms with Crippen molar-refractivity contribution in [3.05, 3.63) is 76.1 Å². The van der Waals surface area contributed by atoms with Gasteiger partial charge in [-0.05, 0) is 36.6 Å². The van der Waals surface area contributed by atoms with E-state index in [9.17, 15) is 19.2 Å². The number of para-hydroxylation sites is 1. The number of nitriles is 1. The molecule has 2 aromatic rings. The summed E-state index contributed by atoms with van der Waals surface area (Å²) < 4.78 is 14.3. The second kappa shape index (κ2) is 8.33. The van der Waals surface area contributed by atoms with Gasteiger partial charge in [-0.2, -0.15) is 5.26 Å². The summed E-state index contributed by atoms with van der Waals surface area (Å²) in [5, 5.41) is 12.8. The van der Waals surface area contributed by atoms with E-state index in [-0.39, 0.29) is 35.6 Å². The number of carbonyl (C=O) groups is 2. The highest BCUT2D eigenvalue weighted by molar-refractivity contribution is 8.03. The zero-order chi connectivity index (χ0) is 21.3. The van der Waals surface area contributed by atoms with Gasteiger partial charge in [0.05, 0.1) is 22.4 Å². The topological polar surface area (TPSA) is 73.2 Å². The summed E-state index contributed by atoms with van der Waals surface area (Å²) in [6.45, 7) is 2.00. The van der Waals surface area contributed by atoms with E-state index >= 15 is 0 Å². The van der Waals surface area contributed by atoms with Crippen LogP contribution in [0.2, 0.25) is 0 Å². The molecule has 0 aromatic heterocycles. The molecule has 0 spiro atoms. The van der Waals surface area contributed by atoms with Crippen molar-refractivity contribution in [2.24, 2.45) is 0 Å². The van der Waals surface area contributed by atoms with Crippen LogP contribution in [0, 0.1) is 17.1 Å². The molecule has 2 heterocycles. The largest absolute Gasteiger partial charge is 0.320 e. The fraction of sp³-hybridized carbons (Fsp3) is 0.261. The number of hydrogen-bond acceptors (Lipinski definition) is 4. The Balaban J connectivity index is 1.57. The minimum Gasteiger partial charge on any atom is -0.320 e. The first kappa shape index (κ1) is 20.2. The highest BCUT2D eigenvalue weighted by Crippen LogP contribution is 2.38. The van der Waals surface area contributed by atoms with Crippen LogP contribution >= 0.6 is 11.8 Å². The maximum atomic E-state index is 14.3. The Morgan fingerprint density at radius 1 is 1.23 bits per heavy atom. The van der Waals surface area contributed by atoms with Crippen molar-refractivity contribution in [3.63, 3.8) is 0 Å². The van der Waals surface area contributed by atoms with Gasteiger partial charge in [0.15, 0.2) is 0 Å². The van der Waals surface area contributed by atoms with Crippen molar-refractivity contribution >= 4 is 29.3 Å². The summed E-state index contributed by atoms with van der Waals surface area (Å²) in [6.07, 6.45) is 0.795. The summed E-state index contributed by atoms with van der Waals surface area (Å²) >= 11 is 1.12. The SMILES string of the molecule is C[C@H]1Cc2ccccc2N1C(=O)CSC1=C(C#N)[C@@H](c2ccccc2F)CC(=O)N1. The maximum absolute atomic E-state index is 14.3. The summed E-state index contributed by atoms with van der Waals surface area (Å²) in [6, 6.07) is 16.1. The molecule has 0 radical (unpaired) electrons. The molecule has 0 aliphatic carbocycles. The Hall–Kier alpha value is -3.11. The molecule has 152 valence electrons. The van der Waals surface area contributed by atoms with Crippen molar-refractivity contribution in [2.45, 2.75) is 31.7 Å². The zero-order valence-corrected chi connectivity index (χ0v) is 17.2. The van der Waals surface area contributed by atoms with E-state index in [0.29, 0.717) is 10.6 Å². The quantitative estimate of drug-likeness (QED) is 0.813. The van der Waals surface area contributed by atoms with Gasteiger partial charge in [0.25, 0.3) is 0 Å². The minimum absolute atomic E-state index is 0.00162. The third-order valence-corrected chi connectivity index (χ3v) is 6.45. The monoisotopic (exact) mass is 421 g/mol. The molecule has 0 saturated heterocycles. The number of amides is 2. The number of benzene rings is 2. The van der Waals surface area contributed by atoms with Gasteiger partial charge in [-0.3, -0.25) is 9.59 Å². The molecule has 2 aromatic carbocycles. The maximum Gasteiger partial charge on any atom is 0.237 e. The first-order valence-corrected chi connectivity index (χ1v) is 10.7. The van der Waals surface area contributed by atoms with Crippen molar-refractivity contribution in [1.29, 1.82) is 5.26 Å². The van der Waals surface area contributed by atoms with Gasteiger partial charge in [0.1, 0.15) is 5.82 Å². The summed E-state index contributed by atoms with van der Waals surface area (Å²) in [5.41, 5.74) is 2.63. The van der Waals surface area contributed by atoms with Crippen molar-refractivity contribution in [2.75, 3.05) is 10.7 Å². The van der Waals surface area contributed by atoms with Crippen molar-refractivity contribution in [1.82, 2.24) is 5.32 Å². The predicted octanol–water partition coefficient (Wildman–Crippen LogP) is 3.88. The molecule has 2 atom stereocenters. The molecular weight excluding hydrogens is 401 g/mol. The van der Waals surface area contributed by atoms with Crippen LogP contribution in [0.5, 0.6) is 0 Å².